The van der Waals surface area contributed by atoms with Crippen LogP contribution in [-0.2, 0) is 13.1 Å². The highest BCUT2D eigenvalue weighted by atomic mass is 16.5. The first-order valence-electron chi connectivity index (χ1n) is 8.89. The number of methoxy groups -OCH3 is 1. The average molecular weight is 352 g/mol. The third kappa shape index (κ3) is 3.89. The molecule has 2 heterocycles. The van der Waals surface area contributed by atoms with E-state index in [0.717, 1.165) is 37.5 Å². The number of piperazine rings is 1. The van der Waals surface area contributed by atoms with E-state index in [2.05, 4.69) is 11.0 Å². The molecule has 1 fully saturated rings. The summed E-state index contributed by atoms with van der Waals surface area (Å²) in [4.78, 5) is 16.8. The van der Waals surface area contributed by atoms with E-state index in [1.54, 1.807) is 7.11 Å². The highest BCUT2D eigenvalue weighted by molar-refractivity contribution is 5.94. The van der Waals surface area contributed by atoms with E-state index in [1.165, 1.54) is 0 Å². The largest absolute Gasteiger partial charge is 0.497 e. The number of hydrogen-bond donors (Lipinski definition) is 0. The summed E-state index contributed by atoms with van der Waals surface area (Å²) in [6.45, 7) is 6.74. The molecule has 26 heavy (non-hydrogen) atoms. The normalized spacial score (nSPS) is 14.9. The first-order chi connectivity index (χ1) is 12.6. The number of carbonyl (C=O) groups is 1. The van der Waals surface area contributed by atoms with Crippen molar-refractivity contribution >= 4 is 5.91 Å². The molecule has 2 aromatic rings. The Hall–Kier alpha value is -2.78. The van der Waals surface area contributed by atoms with Crippen LogP contribution in [0.5, 0.6) is 5.75 Å². The van der Waals surface area contributed by atoms with E-state index in [9.17, 15) is 4.79 Å². The number of ether oxygens (including phenoxy) is 1. The summed E-state index contributed by atoms with van der Waals surface area (Å²) in [5.74, 6) is 0.818. The second-order valence-corrected chi connectivity index (χ2v) is 6.43. The zero-order chi connectivity index (χ0) is 18.5. The van der Waals surface area contributed by atoms with E-state index in [4.69, 9.17) is 10.00 Å². The minimum atomic E-state index is 0.0659. The monoisotopic (exact) mass is 352 g/mol. The van der Waals surface area contributed by atoms with Crippen LogP contribution >= 0.6 is 0 Å². The smallest absolute Gasteiger partial charge is 0.253 e. The van der Waals surface area contributed by atoms with Crippen molar-refractivity contribution < 1.29 is 9.53 Å². The zero-order valence-corrected chi connectivity index (χ0v) is 15.3. The van der Waals surface area contributed by atoms with Crippen LogP contribution in [0, 0.1) is 11.3 Å². The second-order valence-electron chi connectivity index (χ2n) is 6.43. The molecule has 1 aromatic carbocycles. The number of aryl methyl sites for hydroxylation is 1. The van der Waals surface area contributed by atoms with Gasteiger partial charge in [0.15, 0.2) is 0 Å². The maximum atomic E-state index is 12.6. The van der Waals surface area contributed by atoms with Gasteiger partial charge in [-0.25, -0.2) is 0 Å². The summed E-state index contributed by atoms with van der Waals surface area (Å²) in [7, 11) is 1.62. The predicted octanol–water partition coefficient (Wildman–Crippen LogP) is 2.35. The van der Waals surface area contributed by atoms with Gasteiger partial charge in [-0.05, 0) is 42.8 Å². The van der Waals surface area contributed by atoms with Crippen molar-refractivity contribution in [1.29, 1.82) is 5.26 Å². The molecule has 3 rings (SSSR count). The molecule has 6 nitrogen and oxygen atoms in total. The average Bonchev–Trinajstić information content (AvgIpc) is 3.10. The third-order valence-corrected chi connectivity index (χ3v) is 4.81. The maximum Gasteiger partial charge on any atom is 0.253 e. The van der Waals surface area contributed by atoms with Crippen LogP contribution in [0.15, 0.2) is 36.5 Å². The fourth-order valence-electron chi connectivity index (χ4n) is 3.29. The van der Waals surface area contributed by atoms with Crippen molar-refractivity contribution in [3.05, 3.63) is 53.3 Å². The molecular weight excluding hydrogens is 328 g/mol. The molecule has 0 saturated carbocycles. The topological polar surface area (TPSA) is 61.5 Å². The van der Waals surface area contributed by atoms with E-state index in [0.29, 0.717) is 24.3 Å². The number of aromatic nitrogens is 1. The van der Waals surface area contributed by atoms with Gasteiger partial charge in [-0.3, -0.25) is 9.69 Å². The van der Waals surface area contributed by atoms with Crippen LogP contribution in [0.3, 0.4) is 0 Å². The SMILES string of the molecule is CCn1cc(CN2CCN(C(=O)c3ccc(OC)cc3)CC2)cc1C#N. The summed E-state index contributed by atoms with van der Waals surface area (Å²) in [5, 5.41) is 9.17. The van der Waals surface area contributed by atoms with Gasteiger partial charge in [-0.1, -0.05) is 0 Å². The van der Waals surface area contributed by atoms with Gasteiger partial charge in [0, 0.05) is 51.0 Å². The zero-order valence-electron chi connectivity index (χ0n) is 15.3. The van der Waals surface area contributed by atoms with Crippen LogP contribution in [0.4, 0.5) is 0 Å². The van der Waals surface area contributed by atoms with E-state index >= 15 is 0 Å². The summed E-state index contributed by atoms with van der Waals surface area (Å²) < 4.78 is 7.11. The molecule has 1 amide bonds. The summed E-state index contributed by atoms with van der Waals surface area (Å²) in [5.41, 5.74) is 2.55. The van der Waals surface area contributed by atoms with Crippen molar-refractivity contribution in [2.45, 2.75) is 20.0 Å². The molecular formula is C20H24N4O2. The van der Waals surface area contributed by atoms with Crippen molar-refractivity contribution in [2.75, 3.05) is 33.3 Å². The first-order valence-corrected chi connectivity index (χ1v) is 8.89. The van der Waals surface area contributed by atoms with Gasteiger partial charge in [0.05, 0.1) is 7.11 Å². The summed E-state index contributed by atoms with van der Waals surface area (Å²) in [6, 6.07) is 11.4. The minimum Gasteiger partial charge on any atom is -0.497 e. The number of rotatable bonds is 5. The van der Waals surface area contributed by atoms with Gasteiger partial charge in [-0.2, -0.15) is 5.26 Å². The molecule has 0 unspecified atom stereocenters. The molecule has 0 aliphatic carbocycles. The summed E-state index contributed by atoms with van der Waals surface area (Å²) >= 11 is 0. The highest BCUT2D eigenvalue weighted by Crippen LogP contribution is 2.16. The van der Waals surface area contributed by atoms with Crippen molar-refractivity contribution in [1.82, 2.24) is 14.4 Å². The van der Waals surface area contributed by atoms with Gasteiger partial charge < -0.3 is 14.2 Å². The molecule has 136 valence electrons. The van der Waals surface area contributed by atoms with E-state index < -0.39 is 0 Å². The molecule has 0 bridgehead atoms. The van der Waals surface area contributed by atoms with Gasteiger partial charge >= 0.3 is 0 Å². The lowest BCUT2D eigenvalue weighted by molar-refractivity contribution is 0.0628. The number of amides is 1. The molecule has 0 spiro atoms. The Morgan fingerprint density at radius 2 is 1.88 bits per heavy atom. The number of benzene rings is 1. The Bertz CT molecular complexity index is 796. The highest BCUT2D eigenvalue weighted by Gasteiger charge is 2.22. The van der Waals surface area contributed by atoms with Gasteiger partial charge in [0.1, 0.15) is 17.5 Å². The number of nitriles is 1. The lowest BCUT2D eigenvalue weighted by atomic mass is 10.1. The fourth-order valence-corrected chi connectivity index (χ4v) is 3.29. The Morgan fingerprint density at radius 3 is 2.42 bits per heavy atom. The van der Waals surface area contributed by atoms with E-state index in [-0.39, 0.29) is 5.91 Å². The molecule has 0 atom stereocenters. The fraction of sp³-hybridized carbons (Fsp3) is 0.400. The van der Waals surface area contributed by atoms with Crippen molar-refractivity contribution in [2.24, 2.45) is 0 Å². The molecule has 1 aliphatic heterocycles. The lowest BCUT2D eigenvalue weighted by Gasteiger charge is -2.34. The minimum absolute atomic E-state index is 0.0659. The summed E-state index contributed by atoms with van der Waals surface area (Å²) in [6.07, 6.45) is 2.05. The van der Waals surface area contributed by atoms with Gasteiger partial charge in [0.25, 0.3) is 5.91 Å². The maximum absolute atomic E-state index is 12.6. The quantitative estimate of drug-likeness (QED) is 0.829. The molecule has 0 radical (unpaired) electrons. The van der Waals surface area contributed by atoms with Crippen molar-refractivity contribution in [3.63, 3.8) is 0 Å². The standard InChI is InChI=1S/C20H24N4O2/c1-3-23-15-16(12-18(23)13-21)14-22-8-10-24(11-9-22)20(25)17-4-6-19(26-2)7-5-17/h4-7,12,15H,3,8-11,14H2,1-2H3. The molecule has 0 N–H and O–H groups in total. The Balaban J connectivity index is 1.56. The first kappa shape index (κ1) is 18.0. The van der Waals surface area contributed by atoms with Crippen molar-refractivity contribution in [3.8, 4) is 11.8 Å². The van der Waals surface area contributed by atoms with Crippen LogP contribution in [0.2, 0.25) is 0 Å². The Morgan fingerprint density at radius 1 is 1.19 bits per heavy atom. The second kappa shape index (κ2) is 8.07. The number of hydrogen-bond acceptors (Lipinski definition) is 4. The van der Waals surface area contributed by atoms with Gasteiger partial charge in [-0.15, -0.1) is 0 Å². The lowest BCUT2D eigenvalue weighted by Crippen LogP contribution is -2.48. The number of nitrogens with zero attached hydrogens (tertiary/aromatic N) is 4. The van der Waals surface area contributed by atoms with Crippen LogP contribution in [-0.4, -0.2) is 53.6 Å². The predicted molar refractivity (Wildman–Crippen MR) is 99.0 cm³/mol. The number of carbonyl (C=O) groups excluding carboxylic acids is 1. The Kier molecular flexibility index (Phi) is 5.59. The molecule has 1 saturated heterocycles. The molecule has 1 aliphatic rings. The van der Waals surface area contributed by atoms with E-state index in [1.807, 2.05) is 52.9 Å². The molecule has 1 aromatic heterocycles. The van der Waals surface area contributed by atoms with Crippen LogP contribution in [0.25, 0.3) is 0 Å². The van der Waals surface area contributed by atoms with Crippen LogP contribution < -0.4 is 4.74 Å². The Labute approximate surface area is 154 Å². The third-order valence-electron chi connectivity index (χ3n) is 4.81. The van der Waals surface area contributed by atoms with Crippen LogP contribution in [0.1, 0.15) is 28.5 Å². The molecule has 6 heteroatoms. The van der Waals surface area contributed by atoms with Gasteiger partial charge in [0.2, 0.25) is 0 Å².